The van der Waals surface area contributed by atoms with E-state index in [1.807, 2.05) is 0 Å². The van der Waals surface area contributed by atoms with Gasteiger partial charge in [0.2, 0.25) is 0 Å². The minimum atomic E-state index is 0.726. The van der Waals surface area contributed by atoms with Crippen LogP contribution in [0.1, 0.15) is 59.8 Å². The highest BCUT2D eigenvalue weighted by Crippen LogP contribution is 2.17. The van der Waals surface area contributed by atoms with Crippen molar-refractivity contribution in [3.63, 3.8) is 0 Å². The molecular formula is C15H32N2. The van der Waals surface area contributed by atoms with E-state index in [0.717, 1.165) is 18.0 Å². The van der Waals surface area contributed by atoms with Gasteiger partial charge in [-0.1, -0.05) is 34.1 Å². The van der Waals surface area contributed by atoms with Crippen molar-refractivity contribution in [1.82, 2.24) is 10.2 Å². The van der Waals surface area contributed by atoms with Gasteiger partial charge in [0.1, 0.15) is 0 Å². The summed E-state index contributed by atoms with van der Waals surface area (Å²) in [5.41, 5.74) is 0. The minimum absolute atomic E-state index is 0.726. The Labute approximate surface area is 108 Å². The zero-order chi connectivity index (χ0) is 12.7. The van der Waals surface area contributed by atoms with Crippen LogP contribution in [0.2, 0.25) is 0 Å². The van der Waals surface area contributed by atoms with E-state index in [1.54, 1.807) is 0 Å². The zero-order valence-corrected chi connectivity index (χ0v) is 12.3. The van der Waals surface area contributed by atoms with Gasteiger partial charge in [-0.05, 0) is 44.7 Å². The first-order valence-electron chi connectivity index (χ1n) is 7.66. The Bertz CT molecular complexity index is 185. The second-order valence-electron chi connectivity index (χ2n) is 5.86. The minimum Gasteiger partial charge on any atom is -0.312 e. The maximum Gasteiger partial charge on any atom is 0.0243 e. The van der Waals surface area contributed by atoms with Crippen LogP contribution in [-0.4, -0.2) is 36.6 Å². The van der Waals surface area contributed by atoms with E-state index < -0.39 is 0 Å². The van der Waals surface area contributed by atoms with Crippen LogP contribution < -0.4 is 5.32 Å². The van der Waals surface area contributed by atoms with Crippen LogP contribution >= 0.6 is 0 Å². The molecule has 0 aromatic rings. The Hall–Kier alpha value is -0.0800. The molecule has 2 nitrogen and oxygen atoms in total. The van der Waals surface area contributed by atoms with Gasteiger partial charge in [0, 0.05) is 18.6 Å². The van der Waals surface area contributed by atoms with E-state index in [1.165, 1.54) is 51.7 Å². The Balaban J connectivity index is 2.37. The van der Waals surface area contributed by atoms with Crippen molar-refractivity contribution in [3.8, 4) is 0 Å². The summed E-state index contributed by atoms with van der Waals surface area (Å²) < 4.78 is 0. The van der Waals surface area contributed by atoms with Crippen molar-refractivity contribution in [2.45, 2.75) is 71.9 Å². The van der Waals surface area contributed by atoms with Crippen molar-refractivity contribution in [2.24, 2.45) is 5.92 Å². The van der Waals surface area contributed by atoms with Gasteiger partial charge in [-0.2, -0.15) is 0 Å². The fraction of sp³-hybridized carbons (Fsp3) is 1.00. The highest BCUT2D eigenvalue weighted by molar-refractivity contribution is 4.82. The first-order chi connectivity index (χ1) is 8.19. The second-order valence-corrected chi connectivity index (χ2v) is 5.86. The Morgan fingerprint density at radius 3 is 2.24 bits per heavy atom. The Morgan fingerprint density at radius 1 is 1.12 bits per heavy atom. The molecule has 1 fully saturated rings. The fourth-order valence-corrected chi connectivity index (χ4v) is 2.95. The van der Waals surface area contributed by atoms with Crippen LogP contribution in [0.25, 0.3) is 0 Å². The van der Waals surface area contributed by atoms with Crippen molar-refractivity contribution < 1.29 is 0 Å². The molecule has 0 radical (unpaired) electrons. The molecule has 1 saturated heterocycles. The molecule has 1 rings (SSSR count). The summed E-state index contributed by atoms with van der Waals surface area (Å²) in [6.07, 6.45) is 6.67. The van der Waals surface area contributed by atoms with Crippen LogP contribution in [0.4, 0.5) is 0 Å². The predicted octanol–water partition coefficient (Wildman–Crippen LogP) is 3.28. The SMILES string of the molecule is CCCC(CC)NCC(C(C)C)N1CCCC1. The summed E-state index contributed by atoms with van der Waals surface area (Å²) in [4.78, 5) is 2.69. The maximum absolute atomic E-state index is 3.79. The summed E-state index contributed by atoms with van der Waals surface area (Å²) in [6.45, 7) is 13.1. The molecule has 0 aromatic heterocycles. The van der Waals surface area contributed by atoms with Crippen molar-refractivity contribution in [1.29, 1.82) is 0 Å². The third-order valence-corrected chi connectivity index (χ3v) is 4.12. The summed E-state index contributed by atoms with van der Waals surface area (Å²) in [6, 6.07) is 1.47. The summed E-state index contributed by atoms with van der Waals surface area (Å²) in [7, 11) is 0. The molecular weight excluding hydrogens is 208 g/mol. The second kappa shape index (κ2) is 8.10. The lowest BCUT2D eigenvalue weighted by atomic mass is 10.0. The predicted molar refractivity (Wildman–Crippen MR) is 76.4 cm³/mol. The molecule has 1 N–H and O–H groups in total. The average Bonchev–Trinajstić information content (AvgIpc) is 2.81. The van der Waals surface area contributed by atoms with Crippen LogP contribution in [0.15, 0.2) is 0 Å². The molecule has 2 atom stereocenters. The number of hydrogen-bond acceptors (Lipinski definition) is 2. The maximum atomic E-state index is 3.79. The molecule has 2 unspecified atom stereocenters. The summed E-state index contributed by atoms with van der Waals surface area (Å²) in [5.74, 6) is 0.764. The number of rotatable bonds is 8. The van der Waals surface area contributed by atoms with Crippen molar-refractivity contribution >= 4 is 0 Å². The van der Waals surface area contributed by atoms with E-state index in [0.29, 0.717) is 0 Å². The first kappa shape index (κ1) is 15.0. The largest absolute Gasteiger partial charge is 0.312 e. The van der Waals surface area contributed by atoms with Gasteiger partial charge in [0.25, 0.3) is 0 Å². The highest BCUT2D eigenvalue weighted by atomic mass is 15.2. The fourth-order valence-electron chi connectivity index (χ4n) is 2.95. The number of nitrogens with one attached hydrogen (secondary N) is 1. The average molecular weight is 240 g/mol. The Kier molecular flexibility index (Phi) is 7.14. The Morgan fingerprint density at radius 2 is 1.76 bits per heavy atom. The number of nitrogens with zero attached hydrogens (tertiary/aromatic N) is 1. The molecule has 0 saturated carbocycles. The van der Waals surface area contributed by atoms with Crippen molar-refractivity contribution in [2.75, 3.05) is 19.6 Å². The summed E-state index contributed by atoms with van der Waals surface area (Å²) in [5, 5.41) is 3.79. The van der Waals surface area contributed by atoms with Gasteiger partial charge in [0.05, 0.1) is 0 Å². The van der Waals surface area contributed by atoms with Gasteiger partial charge in [0.15, 0.2) is 0 Å². The normalized spacial score (nSPS) is 21.0. The van der Waals surface area contributed by atoms with Gasteiger partial charge < -0.3 is 5.32 Å². The van der Waals surface area contributed by atoms with E-state index >= 15 is 0 Å². The molecule has 0 bridgehead atoms. The third kappa shape index (κ3) is 4.97. The molecule has 1 aliphatic rings. The van der Waals surface area contributed by atoms with Gasteiger partial charge in [-0.15, -0.1) is 0 Å². The highest BCUT2D eigenvalue weighted by Gasteiger charge is 2.24. The lowest BCUT2D eigenvalue weighted by molar-refractivity contribution is 0.180. The van der Waals surface area contributed by atoms with Gasteiger partial charge in [-0.3, -0.25) is 4.90 Å². The van der Waals surface area contributed by atoms with Crippen LogP contribution in [-0.2, 0) is 0 Å². The van der Waals surface area contributed by atoms with Crippen LogP contribution in [0.5, 0.6) is 0 Å². The molecule has 0 aliphatic carbocycles. The topological polar surface area (TPSA) is 15.3 Å². The van der Waals surface area contributed by atoms with E-state index in [4.69, 9.17) is 0 Å². The van der Waals surface area contributed by atoms with Crippen LogP contribution in [0, 0.1) is 5.92 Å². The molecule has 1 aliphatic heterocycles. The lowest BCUT2D eigenvalue weighted by Crippen LogP contribution is -2.46. The molecule has 2 heteroatoms. The molecule has 0 spiro atoms. The van der Waals surface area contributed by atoms with E-state index in [2.05, 4.69) is 37.9 Å². The lowest BCUT2D eigenvalue weighted by Gasteiger charge is -2.32. The quantitative estimate of drug-likeness (QED) is 0.700. The molecule has 1 heterocycles. The number of hydrogen-bond donors (Lipinski definition) is 1. The smallest absolute Gasteiger partial charge is 0.0243 e. The third-order valence-electron chi connectivity index (χ3n) is 4.12. The summed E-state index contributed by atoms with van der Waals surface area (Å²) >= 11 is 0. The van der Waals surface area contributed by atoms with Crippen molar-refractivity contribution in [3.05, 3.63) is 0 Å². The zero-order valence-electron chi connectivity index (χ0n) is 12.3. The molecule has 17 heavy (non-hydrogen) atoms. The van der Waals surface area contributed by atoms with E-state index in [-0.39, 0.29) is 0 Å². The number of likely N-dealkylation sites (tertiary alicyclic amines) is 1. The van der Waals surface area contributed by atoms with Gasteiger partial charge >= 0.3 is 0 Å². The standard InChI is InChI=1S/C15H32N2/c1-5-9-14(6-2)16-12-15(13(3)4)17-10-7-8-11-17/h13-16H,5-12H2,1-4H3. The van der Waals surface area contributed by atoms with Gasteiger partial charge in [-0.25, -0.2) is 0 Å². The molecule has 0 amide bonds. The molecule has 0 aromatic carbocycles. The molecule has 102 valence electrons. The first-order valence-corrected chi connectivity index (χ1v) is 7.66. The monoisotopic (exact) mass is 240 g/mol. The van der Waals surface area contributed by atoms with Crippen LogP contribution in [0.3, 0.4) is 0 Å². The van der Waals surface area contributed by atoms with E-state index in [9.17, 15) is 0 Å².